The zero-order valence-electron chi connectivity index (χ0n) is 20.7. The molecule has 0 bridgehead atoms. The monoisotopic (exact) mass is 682 g/mol. The molecular formula is C26H38N2O6Pb+4. The molecule has 8 nitrogen and oxygen atoms in total. The number of carbonyl (C=O) groups is 2. The van der Waals surface area contributed by atoms with Crippen LogP contribution in [0.2, 0.25) is 0 Å². The third-order valence-electron chi connectivity index (χ3n) is 4.76. The fraction of sp³-hybridized carbons (Fsp3) is 0.385. The van der Waals surface area contributed by atoms with Crippen LogP contribution in [0.3, 0.4) is 0 Å². The Morgan fingerprint density at radius 1 is 0.686 bits per heavy atom. The van der Waals surface area contributed by atoms with E-state index in [0.717, 1.165) is 0 Å². The predicted octanol–water partition coefficient (Wildman–Crippen LogP) is 1.74. The van der Waals surface area contributed by atoms with Crippen LogP contribution in [0.1, 0.15) is 61.3 Å². The van der Waals surface area contributed by atoms with Crippen LogP contribution in [0.5, 0.6) is 0 Å². The summed E-state index contributed by atoms with van der Waals surface area (Å²) in [4.78, 5) is 42.1. The average molecular weight is 682 g/mol. The van der Waals surface area contributed by atoms with Gasteiger partial charge in [0.15, 0.2) is 0 Å². The quantitative estimate of drug-likeness (QED) is 0.291. The van der Waals surface area contributed by atoms with Gasteiger partial charge >= 0.3 is 11.9 Å². The van der Waals surface area contributed by atoms with Crippen LogP contribution in [0.4, 0.5) is 0 Å². The molecule has 35 heavy (non-hydrogen) atoms. The van der Waals surface area contributed by atoms with E-state index in [-0.39, 0.29) is 39.1 Å². The number of nitrogens with one attached hydrogen (secondary N) is 2. The molecule has 2 aromatic carbocycles. The third kappa shape index (κ3) is 13.1. The second-order valence-electron chi connectivity index (χ2n) is 8.81. The zero-order valence-corrected chi connectivity index (χ0v) is 24.6. The Hall–Kier alpha value is -2.76. The van der Waals surface area contributed by atoms with Crippen molar-refractivity contribution in [3.8, 4) is 0 Å². The van der Waals surface area contributed by atoms with Crippen molar-refractivity contribution >= 4 is 51.1 Å². The van der Waals surface area contributed by atoms with Gasteiger partial charge in [0.1, 0.15) is 0 Å². The molecule has 4 radical (unpaired) electrons. The maximum absolute atomic E-state index is 11.8. The predicted molar refractivity (Wildman–Crippen MR) is 141 cm³/mol. The Labute approximate surface area is 226 Å². The van der Waals surface area contributed by atoms with Crippen molar-refractivity contribution in [2.45, 2.75) is 52.6 Å². The van der Waals surface area contributed by atoms with Crippen LogP contribution in [0.15, 0.2) is 60.7 Å². The molecule has 0 heterocycles. The minimum atomic E-state index is -0.609. The van der Waals surface area contributed by atoms with Gasteiger partial charge in [-0.2, -0.15) is 0 Å². The zero-order chi connectivity index (χ0) is 25.7. The van der Waals surface area contributed by atoms with Gasteiger partial charge in [-0.05, 0) is 48.9 Å². The number of hydrogen-bond acceptors (Lipinski definition) is 2. The maximum atomic E-state index is 11.8. The first-order valence-corrected chi connectivity index (χ1v) is 11.3. The third-order valence-corrected chi connectivity index (χ3v) is 4.76. The fourth-order valence-electron chi connectivity index (χ4n) is 3.08. The average Bonchev–Trinajstić information content (AvgIpc) is 2.79. The summed E-state index contributed by atoms with van der Waals surface area (Å²) in [7, 11) is 0. The summed E-state index contributed by atoms with van der Waals surface area (Å²) in [6.45, 7) is 7.91. The van der Waals surface area contributed by atoms with Crippen LogP contribution in [0, 0.1) is 11.8 Å². The van der Waals surface area contributed by atoms with Crippen LogP contribution in [-0.2, 0) is 0 Å². The largest absolute Gasteiger partial charge is 0.645 e. The Morgan fingerprint density at radius 2 is 0.971 bits per heavy atom. The van der Waals surface area contributed by atoms with E-state index in [0.29, 0.717) is 35.8 Å². The van der Waals surface area contributed by atoms with Crippen LogP contribution in [-0.4, -0.2) is 82.9 Å². The Balaban J connectivity index is 0.000000642. The van der Waals surface area contributed by atoms with E-state index in [1.807, 2.05) is 39.8 Å². The molecule has 0 spiro atoms. The molecule has 0 fully saturated rings. The first-order valence-electron chi connectivity index (χ1n) is 11.3. The van der Waals surface area contributed by atoms with Gasteiger partial charge in [0.25, 0.3) is 11.8 Å². The van der Waals surface area contributed by atoms with Crippen molar-refractivity contribution < 1.29 is 29.4 Å². The van der Waals surface area contributed by atoms with E-state index in [9.17, 15) is 19.2 Å². The maximum Gasteiger partial charge on any atom is 0.645 e. The summed E-state index contributed by atoms with van der Waals surface area (Å²) >= 11 is 0. The summed E-state index contributed by atoms with van der Waals surface area (Å²) in [5.74, 6) is -0.941. The molecule has 0 saturated carbocycles. The Kier molecular flexibility index (Phi) is 15.5. The van der Waals surface area contributed by atoms with Crippen molar-refractivity contribution in [2.75, 3.05) is 0 Å². The van der Waals surface area contributed by atoms with Crippen molar-refractivity contribution in [2.24, 2.45) is 11.8 Å². The van der Waals surface area contributed by atoms with Crippen molar-refractivity contribution in [3.63, 3.8) is 0 Å². The molecule has 2 aromatic rings. The van der Waals surface area contributed by atoms with E-state index in [4.69, 9.17) is 10.2 Å². The van der Waals surface area contributed by atoms with E-state index in [1.54, 1.807) is 48.5 Å². The van der Waals surface area contributed by atoms with Gasteiger partial charge in [-0.1, -0.05) is 64.1 Å². The number of carbonyl (C=O) groups excluding carboxylic acids is 4. The van der Waals surface area contributed by atoms with Gasteiger partial charge in [-0.15, -0.1) is 0 Å². The second kappa shape index (κ2) is 16.8. The van der Waals surface area contributed by atoms with E-state index in [1.165, 1.54) is 0 Å². The molecule has 0 saturated heterocycles. The van der Waals surface area contributed by atoms with Crippen molar-refractivity contribution in [1.82, 2.24) is 10.6 Å². The van der Waals surface area contributed by atoms with Crippen LogP contribution >= 0.6 is 0 Å². The van der Waals surface area contributed by atoms with Crippen LogP contribution in [0.25, 0.3) is 0 Å². The Morgan fingerprint density at radius 3 is 1.20 bits per heavy atom. The number of hydrogen-bond donors (Lipinski definition) is 2. The van der Waals surface area contributed by atoms with Gasteiger partial charge in [-0.25, -0.2) is 9.59 Å². The first-order chi connectivity index (χ1) is 16.0. The second-order valence-corrected chi connectivity index (χ2v) is 8.81. The van der Waals surface area contributed by atoms with Crippen molar-refractivity contribution in [1.29, 1.82) is 0 Å². The summed E-state index contributed by atoms with van der Waals surface area (Å²) in [5.41, 5.74) is 1.06. The van der Waals surface area contributed by atoms with Gasteiger partial charge < -0.3 is 20.8 Å². The summed E-state index contributed by atoms with van der Waals surface area (Å²) in [6.07, 6.45) is 1.10. The van der Waals surface area contributed by atoms with E-state index >= 15 is 0 Å². The molecule has 0 aromatic heterocycles. The molecule has 2 amide bonds. The molecule has 0 aliphatic rings. The van der Waals surface area contributed by atoms with Gasteiger partial charge in [0.2, 0.25) is 12.1 Å². The SMILES string of the molecule is CC(C)CC(NC(=O)c1ccccc1)C(=[OH+])[OH2+].CC(C)CC(NC(=O)c1ccccc1)C(=[OH+])[OH2+].[Pb]. The van der Waals surface area contributed by atoms with Crippen molar-refractivity contribution in [3.05, 3.63) is 71.8 Å². The minimum Gasteiger partial charge on any atom is -0.522 e. The van der Waals surface area contributed by atoms with Gasteiger partial charge in [0, 0.05) is 38.4 Å². The van der Waals surface area contributed by atoms with Crippen LogP contribution < -0.4 is 10.6 Å². The normalized spacial score (nSPS) is 11.8. The molecule has 0 aliphatic heterocycles. The molecular weight excluding hydrogens is 643 g/mol. The standard InChI is InChI=1S/2C13H17NO3.Pb/c2*1-9(2)8-11(13(16)17)14-12(15)10-6-4-3-5-7-10;/h2*3-7,9,11H,8H2,1-2H3,(H,14,15)(H,16,17);/p+4. The fourth-order valence-corrected chi connectivity index (χ4v) is 3.08. The summed E-state index contributed by atoms with van der Waals surface area (Å²) < 4.78 is 0. The van der Waals surface area contributed by atoms with E-state index in [2.05, 4.69) is 10.6 Å². The number of benzene rings is 2. The summed E-state index contributed by atoms with van der Waals surface area (Å²) in [6, 6.07) is 16.3. The number of rotatable bonds is 10. The molecule has 188 valence electrons. The molecule has 0 aliphatic carbocycles. The molecule has 2 unspecified atom stereocenters. The minimum absolute atomic E-state index is 0. The summed E-state index contributed by atoms with van der Waals surface area (Å²) in [5, 5.41) is 19.8. The van der Waals surface area contributed by atoms with Gasteiger partial charge in [-0.3, -0.25) is 9.59 Å². The Bertz CT molecular complexity index is 858. The first kappa shape index (κ1) is 32.2. The topological polar surface area (TPSA) is 147 Å². The number of amides is 2. The molecule has 2 rings (SSSR count). The molecule has 2 atom stereocenters. The molecule has 9 heteroatoms. The van der Waals surface area contributed by atoms with Gasteiger partial charge in [0.05, 0.1) is 0 Å². The smallest absolute Gasteiger partial charge is 0.522 e. The van der Waals surface area contributed by atoms with E-state index < -0.39 is 24.0 Å². The molecule has 8 N–H and O–H groups in total.